The number of nitrogens with zero attached hydrogens (tertiary/aromatic N) is 1. The Balaban J connectivity index is 1.73. The molecular formula is C15H11F2NO4. The number of halogens is 2. The van der Waals surface area contributed by atoms with E-state index in [1.165, 1.54) is 24.5 Å². The maximum Gasteiger partial charge on any atom is 0.352 e. The predicted molar refractivity (Wildman–Crippen MR) is 71.3 cm³/mol. The number of alkyl halides is 2. The fraction of sp³-hybridized carbons (Fsp3) is 0.267. The fourth-order valence-electron chi connectivity index (χ4n) is 2.69. The molecule has 0 spiro atoms. The lowest BCUT2D eigenvalue weighted by atomic mass is 9.93. The van der Waals surface area contributed by atoms with E-state index in [9.17, 15) is 13.6 Å². The van der Waals surface area contributed by atoms with Gasteiger partial charge in [0.1, 0.15) is 19.0 Å². The maximum atomic E-state index is 13.9. The number of ether oxygens (including phenoxy) is 2. The average Bonchev–Trinajstić information content (AvgIpc) is 3.04. The van der Waals surface area contributed by atoms with Crippen molar-refractivity contribution in [3.8, 4) is 11.5 Å². The molecule has 0 radical (unpaired) electrons. The molecule has 4 rings (SSSR count). The van der Waals surface area contributed by atoms with E-state index in [1.807, 2.05) is 0 Å². The van der Waals surface area contributed by atoms with Crippen LogP contribution in [-0.4, -0.2) is 25.0 Å². The number of rotatable bonds is 2. The summed E-state index contributed by atoms with van der Waals surface area (Å²) in [5.74, 6) is -3.73. The van der Waals surface area contributed by atoms with Crippen molar-refractivity contribution >= 4 is 11.6 Å². The molecular weight excluding hydrogens is 296 g/mol. The Bertz CT molecular complexity index is 729. The van der Waals surface area contributed by atoms with E-state index >= 15 is 0 Å². The third-order valence-corrected chi connectivity index (χ3v) is 3.72. The van der Waals surface area contributed by atoms with Crippen LogP contribution in [0.1, 0.15) is 11.8 Å². The minimum absolute atomic E-state index is 0.0412. The lowest BCUT2D eigenvalue weighted by molar-refractivity contribution is -0.164. The Morgan fingerprint density at radius 2 is 1.91 bits per heavy atom. The maximum absolute atomic E-state index is 13.9. The van der Waals surface area contributed by atoms with Crippen LogP contribution in [0.15, 0.2) is 41.0 Å². The fourth-order valence-corrected chi connectivity index (χ4v) is 2.69. The lowest BCUT2D eigenvalue weighted by Crippen LogP contribution is -2.64. The Morgan fingerprint density at radius 1 is 1.14 bits per heavy atom. The molecule has 0 unspecified atom stereocenters. The first-order chi connectivity index (χ1) is 10.6. The number of carbonyl (C=O) groups excluding carboxylic acids is 1. The van der Waals surface area contributed by atoms with Crippen LogP contribution in [0.3, 0.4) is 0 Å². The van der Waals surface area contributed by atoms with Gasteiger partial charge in [-0.05, 0) is 24.3 Å². The highest BCUT2D eigenvalue weighted by Crippen LogP contribution is 2.50. The quantitative estimate of drug-likeness (QED) is 0.801. The largest absolute Gasteiger partial charge is 0.486 e. The van der Waals surface area contributed by atoms with E-state index in [0.717, 1.165) is 4.90 Å². The van der Waals surface area contributed by atoms with Crippen molar-refractivity contribution in [1.29, 1.82) is 0 Å². The zero-order valence-electron chi connectivity index (χ0n) is 11.3. The molecule has 0 aliphatic carbocycles. The molecule has 1 atom stereocenters. The minimum Gasteiger partial charge on any atom is -0.486 e. The molecule has 114 valence electrons. The standard InChI is InChI=1S/C15H11F2NO4/c16-15(17)13(11-2-1-5-20-11)18(14(15)19)9-3-4-10-12(8-9)22-7-6-21-10/h1-5,8,13H,6-7H2/t13-/m1/s1. The molecule has 0 saturated carbocycles. The van der Waals surface area contributed by atoms with Gasteiger partial charge in [0.2, 0.25) is 0 Å². The zero-order chi connectivity index (χ0) is 15.3. The minimum atomic E-state index is -3.48. The normalized spacial score (nSPS) is 22.4. The second-order valence-corrected chi connectivity index (χ2v) is 5.04. The van der Waals surface area contributed by atoms with Crippen LogP contribution < -0.4 is 14.4 Å². The average molecular weight is 307 g/mol. The van der Waals surface area contributed by atoms with Gasteiger partial charge in [-0.25, -0.2) is 0 Å². The molecule has 5 nitrogen and oxygen atoms in total. The SMILES string of the molecule is O=C1N(c2ccc3c(c2)OCCO3)[C@H](c2ccco2)C1(F)F. The summed E-state index contributed by atoms with van der Waals surface area (Å²) >= 11 is 0. The smallest absolute Gasteiger partial charge is 0.352 e. The van der Waals surface area contributed by atoms with Crippen LogP contribution in [0.5, 0.6) is 11.5 Å². The molecule has 1 aromatic heterocycles. The van der Waals surface area contributed by atoms with E-state index in [0.29, 0.717) is 30.4 Å². The predicted octanol–water partition coefficient (Wildman–Crippen LogP) is 2.77. The van der Waals surface area contributed by atoms with Gasteiger partial charge >= 0.3 is 11.8 Å². The van der Waals surface area contributed by atoms with Crippen molar-refractivity contribution in [3.63, 3.8) is 0 Å². The number of amides is 1. The van der Waals surface area contributed by atoms with E-state index in [4.69, 9.17) is 13.9 Å². The first-order valence-corrected chi connectivity index (χ1v) is 6.73. The molecule has 1 aromatic carbocycles. The number of hydrogen-bond donors (Lipinski definition) is 0. The van der Waals surface area contributed by atoms with Gasteiger partial charge in [-0.3, -0.25) is 9.69 Å². The van der Waals surface area contributed by atoms with E-state index in [2.05, 4.69) is 0 Å². The summed E-state index contributed by atoms with van der Waals surface area (Å²) in [5, 5.41) is 0. The highest BCUT2D eigenvalue weighted by atomic mass is 19.3. The summed E-state index contributed by atoms with van der Waals surface area (Å²) in [5.41, 5.74) is 0.321. The van der Waals surface area contributed by atoms with Crippen molar-refractivity contribution < 1.29 is 27.5 Å². The van der Waals surface area contributed by atoms with Crippen LogP contribution in [0.25, 0.3) is 0 Å². The molecule has 0 bridgehead atoms. The number of anilines is 1. The molecule has 22 heavy (non-hydrogen) atoms. The van der Waals surface area contributed by atoms with Gasteiger partial charge in [0.25, 0.3) is 0 Å². The van der Waals surface area contributed by atoms with Crippen LogP contribution in [-0.2, 0) is 4.79 Å². The van der Waals surface area contributed by atoms with Gasteiger partial charge in [0, 0.05) is 11.8 Å². The number of carbonyl (C=O) groups is 1. The number of fused-ring (bicyclic) bond motifs is 1. The van der Waals surface area contributed by atoms with Gasteiger partial charge < -0.3 is 13.9 Å². The van der Waals surface area contributed by atoms with Crippen LogP contribution in [0, 0.1) is 0 Å². The topological polar surface area (TPSA) is 51.9 Å². The highest BCUT2D eigenvalue weighted by Gasteiger charge is 2.66. The summed E-state index contributed by atoms with van der Waals surface area (Å²) in [6.07, 6.45) is 1.30. The molecule has 2 aromatic rings. The zero-order valence-corrected chi connectivity index (χ0v) is 11.3. The first kappa shape index (κ1) is 13.1. The number of furan rings is 1. The van der Waals surface area contributed by atoms with Crippen molar-refractivity contribution in [2.75, 3.05) is 18.1 Å². The van der Waals surface area contributed by atoms with Crippen molar-refractivity contribution in [2.45, 2.75) is 12.0 Å². The summed E-state index contributed by atoms with van der Waals surface area (Å²) in [6.45, 7) is 0.810. The molecule has 1 amide bonds. The lowest BCUT2D eigenvalue weighted by Gasteiger charge is -2.45. The second kappa shape index (κ2) is 4.46. The summed E-state index contributed by atoms with van der Waals surface area (Å²) in [7, 11) is 0. The molecule has 2 aliphatic heterocycles. The molecule has 1 fully saturated rings. The van der Waals surface area contributed by atoms with Crippen LogP contribution in [0.4, 0.5) is 14.5 Å². The number of hydrogen-bond acceptors (Lipinski definition) is 4. The summed E-state index contributed by atoms with van der Waals surface area (Å²) < 4.78 is 43.7. The Morgan fingerprint density at radius 3 is 2.64 bits per heavy atom. The summed E-state index contributed by atoms with van der Waals surface area (Å²) in [4.78, 5) is 12.8. The van der Waals surface area contributed by atoms with Gasteiger partial charge in [-0.2, -0.15) is 8.78 Å². The van der Waals surface area contributed by atoms with Crippen LogP contribution >= 0.6 is 0 Å². The molecule has 0 N–H and O–H groups in total. The van der Waals surface area contributed by atoms with E-state index in [-0.39, 0.29) is 5.76 Å². The third kappa shape index (κ3) is 1.71. The van der Waals surface area contributed by atoms with Gasteiger partial charge in [-0.15, -0.1) is 0 Å². The van der Waals surface area contributed by atoms with E-state index in [1.54, 1.807) is 12.1 Å². The second-order valence-electron chi connectivity index (χ2n) is 5.04. The Kier molecular flexibility index (Phi) is 2.66. The monoisotopic (exact) mass is 307 g/mol. The van der Waals surface area contributed by atoms with Crippen LogP contribution in [0.2, 0.25) is 0 Å². The molecule has 3 heterocycles. The third-order valence-electron chi connectivity index (χ3n) is 3.72. The number of benzene rings is 1. The van der Waals surface area contributed by atoms with Gasteiger partial charge in [0.05, 0.1) is 6.26 Å². The van der Waals surface area contributed by atoms with E-state index < -0.39 is 17.9 Å². The molecule has 2 aliphatic rings. The van der Waals surface area contributed by atoms with Gasteiger partial charge in [0.15, 0.2) is 17.5 Å². The first-order valence-electron chi connectivity index (χ1n) is 6.73. The van der Waals surface area contributed by atoms with Gasteiger partial charge in [-0.1, -0.05) is 0 Å². The summed E-state index contributed by atoms with van der Waals surface area (Å²) in [6, 6.07) is 6.17. The molecule has 7 heteroatoms. The Hall–Kier alpha value is -2.57. The Labute approximate surface area is 124 Å². The highest BCUT2D eigenvalue weighted by molar-refractivity contribution is 6.07. The number of β-lactam (4-membered cyclic amide) rings is 1. The molecule has 1 saturated heterocycles. The van der Waals surface area contributed by atoms with Crippen molar-refractivity contribution in [2.24, 2.45) is 0 Å². The van der Waals surface area contributed by atoms with Crippen molar-refractivity contribution in [3.05, 3.63) is 42.4 Å². The van der Waals surface area contributed by atoms with Crippen molar-refractivity contribution in [1.82, 2.24) is 0 Å².